The van der Waals surface area contributed by atoms with E-state index >= 15 is 0 Å². The number of nitrogens with zero attached hydrogens (tertiary/aromatic N) is 2. The third kappa shape index (κ3) is 2.08. The number of anilines is 1. The molecule has 0 amide bonds. The standard InChI is InChI=1S/C11H15BrN2/c1-2-7-14(9-3-4-9)11-5-6-13-8-10(11)12/h5-6,8-9H,2-4,7H2,1H3. The molecule has 1 fully saturated rings. The fourth-order valence-corrected chi connectivity index (χ4v) is 2.21. The second kappa shape index (κ2) is 4.30. The van der Waals surface area contributed by atoms with Gasteiger partial charge in [-0.25, -0.2) is 0 Å². The van der Waals surface area contributed by atoms with Crippen LogP contribution in [0.4, 0.5) is 5.69 Å². The molecule has 1 aliphatic rings. The van der Waals surface area contributed by atoms with E-state index in [-0.39, 0.29) is 0 Å². The average Bonchev–Trinajstić information content (AvgIpc) is 2.99. The summed E-state index contributed by atoms with van der Waals surface area (Å²) in [6, 6.07) is 2.87. The van der Waals surface area contributed by atoms with Gasteiger partial charge < -0.3 is 4.90 Å². The topological polar surface area (TPSA) is 16.1 Å². The van der Waals surface area contributed by atoms with E-state index in [4.69, 9.17) is 0 Å². The molecule has 0 radical (unpaired) electrons. The van der Waals surface area contributed by atoms with Crippen LogP contribution in [0, 0.1) is 0 Å². The molecule has 0 N–H and O–H groups in total. The summed E-state index contributed by atoms with van der Waals surface area (Å²) in [6.07, 6.45) is 7.63. The fourth-order valence-electron chi connectivity index (χ4n) is 1.73. The number of rotatable bonds is 4. The van der Waals surface area contributed by atoms with Crippen LogP contribution in [0.3, 0.4) is 0 Å². The molecule has 0 aromatic carbocycles. The quantitative estimate of drug-likeness (QED) is 0.821. The predicted molar refractivity (Wildman–Crippen MR) is 62.6 cm³/mol. The summed E-state index contributed by atoms with van der Waals surface area (Å²) in [4.78, 5) is 6.59. The highest BCUT2D eigenvalue weighted by Crippen LogP contribution is 2.35. The Morgan fingerprint density at radius 1 is 1.57 bits per heavy atom. The molecular formula is C11H15BrN2. The normalized spacial score (nSPS) is 15.6. The smallest absolute Gasteiger partial charge is 0.0592 e. The molecule has 2 nitrogen and oxygen atoms in total. The lowest BCUT2D eigenvalue weighted by Gasteiger charge is -2.24. The average molecular weight is 255 g/mol. The molecule has 3 heteroatoms. The van der Waals surface area contributed by atoms with Gasteiger partial charge in [-0.1, -0.05) is 6.92 Å². The highest BCUT2D eigenvalue weighted by Gasteiger charge is 2.29. The Hall–Kier alpha value is -0.570. The Morgan fingerprint density at radius 3 is 2.93 bits per heavy atom. The molecule has 1 aromatic rings. The molecule has 1 saturated carbocycles. The lowest BCUT2D eigenvalue weighted by atomic mass is 10.3. The first kappa shape index (κ1) is 9.97. The second-order valence-corrected chi connectivity index (χ2v) is 4.61. The highest BCUT2D eigenvalue weighted by molar-refractivity contribution is 9.10. The van der Waals surface area contributed by atoms with Crippen molar-refractivity contribution >= 4 is 21.6 Å². The van der Waals surface area contributed by atoms with Crippen LogP contribution >= 0.6 is 15.9 Å². The second-order valence-electron chi connectivity index (χ2n) is 3.75. The van der Waals surface area contributed by atoms with Gasteiger partial charge in [-0.15, -0.1) is 0 Å². The number of hydrogen-bond acceptors (Lipinski definition) is 2. The molecule has 0 spiro atoms. The van der Waals surface area contributed by atoms with Gasteiger partial charge in [0, 0.05) is 25.0 Å². The summed E-state index contributed by atoms with van der Waals surface area (Å²) in [5.74, 6) is 0. The molecule has 0 aliphatic heterocycles. The lowest BCUT2D eigenvalue weighted by Crippen LogP contribution is -2.26. The number of hydrogen-bond donors (Lipinski definition) is 0. The van der Waals surface area contributed by atoms with Crippen LogP contribution < -0.4 is 4.90 Å². The summed E-state index contributed by atoms with van der Waals surface area (Å²) in [7, 11) is 0. The molecule has 1 aliphatic carbocycles. The Balaban J connectivity index is 2.21. The van der Waals surface area contributed by atoms with Gasteiger partial charge in [-0.05, 0) is 41.3 Å². The Labute approximate surface area is 93.5 Å². The van der Waals surface area contributed by atoms with Crippen molar-refractivity contribution in [3.63, 3.8) is 0 Å². The zero-order chi connectivity index (χ0) is 9.97. The first-order chi connectivity index (χ1) is 6.83. The minimum Gasteiger partial charge on any atom is -0.368 e. The summed E-state index contributed by atoms with van der Waals surface area (Å²) in [5.41, 5.74) is 1.30. The molecule has 0 atom stereocenters. The van der Waals surface area contributed by atoms with Crippen LogP contribution in [0.5, 0.6) is 0 Å². The third-order valence-electron chi connectivity index (χ3n) is 2.51. The highest BCUT2D eigenvalue weighted by atomic mass is 79.9. The minimum absolute atomic E-state index is 0.772. The van der Waals surface area contributed by atoms with Crippen molar-refractivity contribution in [2.75, 3.05) is 11.4 Å². The maximum absolute atomic E-state index is 4.09. The summed E-state index contributed by atoms with van der Waals surface area (Å²) < 4.78 is 1.11. The van der Waals surface area contributed by atoms with E-state index in [1.807, 2.05) is 12.4 Å². The molecule has 0 bridgehead atoms. The number of pyridine rings is 1. The van der Waals surface area contributed by atoms with Crippen molar-refractivity contribution in [1.82, 2.24) is 4.98 Å². The van der Waals surface area contributed by atoms with Crippen molar-refractivity contribution in [2.45, 2.75) is 32.2 Å². The van der Waals surface area contributed by atoms with E-state index < -0.39 is 0 Å². The monoisotopic (exact) mass is 254 g/mol. The fraction of sp³-hybridized carbons (Fsp3) is 0.545. The number of halogens is 1. The molecule has 14 heavy (non-hydrogen) atoms. The van der Waals surface area contributed by atoms with Gasteiger partial charge in [0.1, 0.15) is 0 Å². The van der Waals surface area contributed by atoms with Crippen LogP contribution in [0.2, 0.25) is 0 Å². The van der Waals surface area contributed by atoms with E-state index in [1.165, 1.54) is 24.9 Å². The maximum Gasteiger partial charge on any atom is 0.0592 e. The number of aromatic nitrogens is 1. The van der Waals surface area contributed by atoms with Crippen molar-refractivity contribution in [2.24, 2.45) is 0 Å². The van der Waals surface area contributed by atoms with E-state index in [2.05, 4.69) is 38.8 Å². The van der Waals surface area contributed by atoms with E-state index in [9.17, 15) is 0 Å². The van der Waals surface area contributed by atoms with Crippen LogP contribution in [-0.2, 0) is 0 Å². The van der Waals surface area contributed by atoms with Crippen LogP contribution in [0.1, 0.15) is 26.2 Å². The van der Waals surface area contributed by atoms with Gasteiger partial charge >= 0.3 is 0 Å². The van der Waals surface area contributed by atoms with E-state index in [1.54, 1.807) is 0 Å². The summed E-state index contributed by atoms with van der Waals surface area (Å²) >= 11 is 3.56. The summed E-state index contributed by atoms with van der Waals surface area (Å²) in [6.45, 7) is 3.37. The Bertz CT molecular complexity index is 310. The lowest BCUT2D eigenvalue weighted by molar-refractivity contribution is 0.760. The molecule has 1 heterocycles. The minimum atomic E-state index is 0.772. The zero-order valence-corrected chi connectivity index (χ0v) is 10.00. The van der Waals surface area contributed by atoms with Crippen molar-refractivity contribution in [3.8, 4) is 0 Å². The van der Waals surface area contributed by atoms with Crippen LogP contribution in [-0.4, -0.2) is 17.6 Å². The molecular weight excluding hydrogens is 240 g/mol. The Kier molecular flexibility index (Phi) is 3.06. The molecule has 2 rings (SSSR count). The zero-order valence-electron chi connectivity index (χ0n) is 8.41. The van der Waals surface area contributed by atoms with Crippen molar-refractivity contribution in [1.29, 1.82) is 0 Å². The maximum atomic E-state index is 4.09. The third-order valence-corrected chi connectivity index (χ3v) is 3.12. The van der Waals surface area contributed by atoms with E-state index in [0.29, 0.717) is 0 Å². The molecule has 0 unspecified atom stereocenters. The summed E-state index contributed by atoms with van der Waals surface area (Å²) in [5, 5.41) is 0. The first-order valence-corrected chi connectivity index (χ1v) is 5.98. The van der Waals surface area contributed by atoms with Gasteiger partial charge in [0.2, 0.25) is 0 Å². The van der Waals surface area contributed by atoms with Gasteiger partial charge in [-0.2, -0.15) is 0 Å². The van der Waals surface area contributed by atoms with Crippen molar-refractivity contribution < 1.29 is 0 Å². The van der Waals surface area contributed by atoms with Crippen LogP contribution in [0.25, 0.3) is 0 Å². The van der Waals surface area contributed by atoms with Crippen molar-refractivity contribution in [3.05, 3.63) is 22.9 Å². The van der Waals surface area contributed by atoms with Gasteiger partial charge in [0.05, 0.1) is 10.2 Å². The Morgan fingerprint density at radius 2 is 2.36 bits per heavy atom. The molecule has 1 aromatic heterocycles. The van der Waals surface area contributed by atoms with Gasteiger partial charge in [0.15, 0.2) is 0 Å². The predicted octanol–water partition coefficient (Wildman–Crippen LogP) is 3.22. The molecule has 76 valence electrons. The van der Waals surface area contributed by atoms with Crippen LogP contribution in [0.15, 0.2) is 22.9 Å². The first-order valence-electron chi connectivity index (χ1n) is 5.19. The SMILES string of the molecule is CCCN(c1ccncc1Br)C1CC1. The van der Waals surface area contributed by atoms with E-state index in [0.717, 1.165) is 17.1 Å². The largest absolute Gasteiger partial charge is 0.368 e. The van der Waals surface area contributed by atoms with Gasteiger partial charge in [0.25, 0.3) is 0 Å². The van der Waals surface area contributed by atoms with Gasteiger partial charge in [-0.3, -0.25) is 4.98 Å². The molecule has 0 saturated heterocycles.